The number of esters is 1. The molecule has 4 aromatic carbocycles. The molecule has 3 N–H and O–H groups in total. The number of rotatable bonds is 20. The molecule has 13 heteroatoms. The molecule has 1 saturated heterocycles. The zero-order valence-electron chi connectivity index (χ0n) is 35.6. The highest BCUT2D eigenvalue weighted by Gasteiger charge is 2.42. The first-order valence-electron chi connectivity index (χ1n) is 20.7. The van der Waals surface area contributed by atoms with Gasteiger partial charge in [0.05, 0.1) is 39.0 Å². The summed E-state index contributed by atoms with van der Waals surface area (Å²) in [6, 6.07) is 35.8. The van der Waals surface area contributed by atoms with Gasteiger partial charge in [-0.25, -0.2) is 9.59 Å². The van der Waals surface area contributed by atoms with Gasteiger partial charge >= 0.3 is 12.1 Å². The van der Waals surface area contributed by atoms with Crippen molar-refractivity contribution in [1.82, 2.24) is 16.0 Å². The van der Waals surface area contributed by atoms with Gasteiger partial charge < -0.3 is 44.4 Å². The van der Waals surface area contributed by atoms with Gasteiger partial charge in [-0.1, -0.05) is 135 Å². The van der Waals surface area contributed by atoms with Crippen molar-refractivity contribution in [2.24, 2.45) is 5.92 Å². The minimum atomic E-state index is -1.44. The molecule has 0 bridgehead atoms. The fourth-order valence-electron chi connectivity index (χ4n) is 6.60. The second-order valence-electron chi connectivity index (χ2n) is 16.3. The van der Waals surface area contributed by atoms with Gasteiger partial charge in [0.15, 0.2) is 0 Å². The van der Waals surface area contributed by atoms with Gasteiger partial charge in [0.1, 0.15) is 42.7 Å². The van der Waals surface area contributed by atoms with Gasteiger partial charge in [-0.3, -0.25) is 9.59 Å². The van der Waals surface area contributed by atoms with Crippen LogP contribution in [-0.2, 0) is 69.2 Å². The molecule has 0 spiro atoms. The molecule has 0 aliphatic carbocycles. The maximum absolute atomic E-state index is 14.0. The Morgan fingerprint density at radius 1 is 0.689 bits per heavy atom. The van der Waals surface area contributed by atoms with E-state index in [1.807, 2.05) is 109 Å². The summed E-state index contributed by atoms with van der Waals surface area (Å²) in [4.78, 5) is 54.1. The molecule has 6 atom stereocenters. The number of benzene rings is 4. The molecule has 4 aromatic rings. The van der Waals surface area contributed by atoms with Crippen LogP contribution in [-0.4, -0.2) is 72.7 Å². The van der Waals surface area contributed by atoms with Crippen molar-refractivity contribution in [3.8, 4) is 0 Å². The van der Waals surface area contributed by atoms with Gasteiger partial charge in [-0.2, -0.15) is 0 Å². The summed E-state index contributed by atoms with van der Waals surface area (Å²) < 4.78 is 36.8. The Labute approximate surface area is 358 Å². The van der Waals surface area contributed by atoms with Crippen molar-refractivity contribution in [3.63, 3.8) is 0 Å². The number of hydrogen-bond acceptors (Lipinski definition) is 10. The van der Waals surface area contributed by atoms with Crippen LogP contribution < -0.4 is 16.0 Å². The van der Waals surface area contributed by atoms with Crippen LogP contribution in [0.4, 0.5) is 4.79 Å². The average molecular weight is 838 g/mol. The Morgan fingerprint density at radius 3 is 1.72 bits per heavy atom. The topological polar surface area (TPSA) is 160 Å². The molecule has 61 heavy (non-hydrogen) atoms. The van der Waals surface area contributed by atoms with Crippen LogP contribution in [0.15, 0.2) is 121 Å². The Morgan fingerprint density at radius 2 is 1.20 bits per heavy atom. The normalized spacial score (nSPS) is 18.7. The molecular formula is C48H59N3O10. The molecule has 0 aromatic heterocycles. The maximum atomic E-state index is 14.0. The van der Waals surface area contributed by atoms with Gasteiger partial charge in [0.25, 0.3) is 0 Å². The molecule has 1 aliphatic rings. The van der Waals surface area contributed by atoms with E-state index in [4.69, 9.17) is 28.4 Å². The fourth-order valence-corrected chi connectivity index (χ4v) is 6.60. The first kappa shape index (κ1) is 46.5. The molecule has 0 saturated carbocycles. The van der Waals surface area contributed by atoms with Gasteiger partial charge in [-0.15, -0.1) is 0 Å². The largest absolute Gasteiger partial charge is 0.458 e. The van der Waals surface area contributed by atoms with E-state index >= 15 is 0 Å². The van der Waals surface area contributed by atoms with Crippen LogP contribution in [0.25, 0.3) is 0 Å². The Bertz CT molecular complexity index is 1940. The number of carbonyl (C=O) groups excluding carboxylic acids is 4. The minimum absolute atomic E-state index is 0.0682. The Kier molecular flexibility index (Phi) is 17.8. The monoisotopic (exact) mass is 837 g/mol. The Balaban J connectivity index is 1.34. The van der Waals surface area contributed by atoms with Crippen molar-refractivity contribution in [2.75, 3.05) is 6.61 Å². The smallest absolute Gasteiger partial charge is 0.408 e. The summed E-state index contributed by atoms with van der Waals surface area (Å²) >= 11 is 0. The minimum Gasteiger partial charge on any atom is -0.458 e. The number of nitrogens with one attached hydrogen (secondary N) is 3. The summed E-state index contributed by atoms with van der Waals surface area (Å²) in [5, 5.41) is 8.14. The lowest BCUT2D eigenvalue weighted by molar-refractivity contribution is -0.225. The van der Waals surface area contributed by atoms with Crippen LogP contribution in [0.1, 0.15) is 69.7 Å². The van der Waals surface area contributed by atoms with Crippen molar-refractivity contribution in [2.45, 2.75) is 116 Å². The van der Waals surface area contributed by atoms with Gasteiger partial charge in [0, 0.05) is 6.42 Å². The Hall–Kier alpha value is -5.60. The summed E-state index contributed by atoms with van der Waals surface area (Å²) in [6.45, 7) is 9.63. The predicted molar refractivity (Wildman–Crippen MR) is 228 cm³/mol. The lowest BCUT2D eigenvalue weighted by Crippen LogP contribution is -2.58. The third-order valence-corrected chi connectivity index (χ3v) is 9.66. The summed E-state index contributed by atoms with van der Waals surface area (Å²) in [7, 11) is 0. The van der Waals surface area contributed by atoms with Crippen LogP contribution in [0.5, 0.6) is 0 Å². The summed E-state index contributed by atoms with van der Waals surface area (Å²) in [5.74, 6) is -2.40. The van der Waals surface area contributed by atoms with E-state index in [0.29, 0.717) is 6.61 Å². The molecule has 1 fully saturated rings. The zero-order valence-corrected chi connectivity index (χ0v) is 35.6. The lowest BCUT2D eigenvalue weighted by atomic mass is 9.99. The summed E-state index contributed by atoms with van der Waals surface area (Å²) in [6.07, 6.45) is -3.96. The van der Waals surface area contributed by atoms with E-state index in [1.165, 1.54) is 0 Å². The predicted octanol–water partition coefficient (Wildman–Crippen LogP) is 6.77. The average Bonchev–Trinajstić information content (AvgIpc) is 3.24. The maximum Gasteiger partial charge on any atom is 0.408 e. The van der Waals surface area contributed by atoms with Gasteiger partial charge in [-0.05, 0) is 48.9 Å². The van der Waals surface area contributed by atoms with Gasteiger partial charge in [0.2, 0.25) is 11.8 Å². The van der Waals surface area contributed by atoms with E-state index in [9.17, 15) is 19.2 Å². The van der Waals surface area contributed by atoms with Crippen molar-refractivity contribution in [1.29, 1.82) is 0 Å². The van der Waals surface area contributed by atoms with Crippen LogP contribution >= 0.6 is 0 Å². The van der Waals surface area contributed by atoms with E-state index in [2.05, 4.69) is 16.0 Å². The lowest BCUT2D eigenvalue weighted by Gasteiger charge is -2.41. The van der Waals surface area contributed by atoms with E-state index in [-0.39, 0.29) is 38.8 Å². The SMILES string of the molecule is CC(C)[C@H](NC(=O)[C@H](CC(=O)N[C@H]1C[C@@H](OCc2ccccc2)[C@@H](OCc2ccccc2)[C@@H](COCc2ccccc2)O1)NC(=O)OCc1ccccc1)C(=O)OC(C)(C)C. The number of alkyl carbamates (subject to hydrolysis) is 1. The molecule has 0 radical (unpaired) electrons. The molecule has 1 heterocycles. The number of amides is 3. The van der Waals surface area contributed by atoms with Crippen LogP contribution in [0, 0.1) is 5.92 Å². The second-order valence-corrected chi connectivity index (χ2v) is 16.3. The highest BCUT2D eigenvalue weighted by atomic mass is 16.6. The van der Waals surface area contributed by atoms with Crippen LogP contribution in [0.3, 0.4) is 0 Å². The van der Waals surface area contributed by atoms with Crippen molar-refractivity contribution < 1.29 is 47.6 Å². The zero-order chi connectivity index (χ0) is 43.6. The molecule has 1 aliphatic heterocycles. The molecular weight excluding hydrogens is 779 g/mol. The number of ether oxygens (including phenoxy) is 6. The van der Waals surface area contributed by atoms with E-state index < -0.39 is 72.5 Å². The third-order valence-electron chi connectivity index (χ3n) is 9.66. The second kappa shape index (κ2) is 23.4. The third kappa shape index (κ3) is 16.1. The van der Waals surface area contributed by atoms with Crippen molar-refractivity contribution >= 4 is 23.9 Å². The molecule has 0 unspecified atom stereocenters. The fraction of sp³-hybridized carbons (Fsp3) is 0.417. The van der Waals surface area contributed by atoms with E-state index in [1.54, 1.807) is 46.8 Å². The molecule has 13 nitrogen and oxygen atoms in total. The highest BCUT2D eigenvalue weighted by molar-refractivity contribution is 5.93. The standard InChI is InChI=1S/C48H59N3O10/c1-33(2)43(46(54)61-48(3,4)5)51-45(53)38(49-47(55)59-31-37-24-16-9-17-25-37)26-41(52)50-42-27-39(57-29-35-20-12-7-13-21-35)44(58-30-36-22-14-8-15-23-36)40(60-42)32-56-28-34-18-10-6-11-19-34/h6-25,33,38-40,42-44H,26-32H2,1-5H3,(H,49,55)(H,50,52)(H,51,53)/t38-,39+,40+,42+,43-,44+/m0/s1. The molecule has 3 amide bonds. The molecule has 5 rings (SSSR count). The quantitative estimate of drug-likeness (QED) is 0.0811. The van der Waals surface area contributed by atoms with Crippen LogP contribution in [0.2, 0.25) is 0 Å². The number of carbonyl (C=O) groups is 4. The van der Waals surface area contributed by atoms with Crippen molar-refractivity contribution in [3.05, 3.63) is 144 Å². The molecule has 326 valence electrons. The highest BCUT2D eigenvalue weighted by Crippen LogP contribution is 2.27. The van der Waals surface area contributed by atoms with E-state index in [0.717, 1.165) is 22.3 Å². The first-order valence-corrected chi connectivity index (χ1v) is 20.7. The number of hydrogen-bond donors (Lipinski definition) is 3. The first-order chi connectivity index (χ1) is 29.3. The summed E-state index contributed by atoms with van der Waals surface area (Å²) in [5.41, 5.74) is 2.82.